The number of ketones is 1. The maximum absolute atomic E-state index is 11.9. The maximum atomic E-state index is 11.9. The molecule has 2 rings (SSSR count). The van der Waals surface area contributed by atoms with Crippen molar-refractivity contribution in [2.75, 3.05) is 0 Å². The molecule has 0 atom stereocenters. The zero-order valence-corrected chi connectivity index (χ0v) is 13.7. The summed E-state index contributed by atoms with van der Waals surface area (Å²) < 4.78 is 5.70. The van der Waals surface area contributed by atoms with Crippen molar-refractivity contribution in [1.82, 2.24) is 9.97 Å². The second-order valence-corrected chi connectivity index (χ2v) is 6.27. The van der Waals surface area contributed by atoms with Crippen LogP contribution >= 0.6 is 0 Å². The van der Waals surface area contributed by atoms with Gasteiger partial charge in [-0.25, -0.2) is 4.98 Å². The number of hydrogen-bond acceptors (Lipinski definition) is 4. The highest BCUT2D eigenvalue weighted by Crippen LogP contribution is 2.27. The summed E-state index contributed by atoms with van der Waals surface area (Å²) in [5.74, 6) is 0.581. The predicted molar refractivity (Wildman–Crippen MR) is 89.8 cm³/mol. The second-order valence-electron chi connectivity index (χ2n) is 6.27. The van der Waals surface area contributed by atoms with Gasteiger partial charge in [0.25, 0.3) is 5.56 Å². The number of carbonyl (C=O) groups is 1. The van der Waals surface area contributed by atoms with Gasteiger partial charge in [-0.05, 0) is 42.2 Å². The first-order valence-electron chi connectivity index (χ1n) is 7.32. The number of H-pyrrole nitrogens is 1. The summed E-state index contributed by atoms with van der Waals surface area (Å²) in [4.78, 5) is 29.5. The average Bonchev–Trinajstić information content (AvgIpc) is 2.46. The van der Waals surface area contributed by atoms with Crippen LogP contribution < -0.4 is 10.3 Å². The summed E-state index contributed by atoms with van der Waals surface area (Å²) in [5, 5.41) is 0. The van der Waals surface area contributed by atoms with Crippen LogP contribution in [0.5, 0.6) is 11.6 Å². The number of nitrogens with zero attached hydrogens (tertiary/aromatic N) is 1. The SMILES string of the molecule is CC(=O)/C=C/c1c(Oc2ccc(C(C)(C)C)cc2)nc[nH]c1=O. The Labute approximate surface area is 135 Å². The molecular formula is C18H20N2O3. The fourth-order valence-electron chi connectivity index (χ4n) is 1.96. The van der Waals surface area contributed by atoms with E-state index in [9.17, 15) is 9.59 Å². The third-order valence-corrected chi connectivity index (χ3v) is 3.27. The zero-order chi connectivity index (χ0) is 17.0. The van der Waals surface area contributed by atoms with Gasteiger partial charge in [0.05, 0.1) is 6.33 Å². The molecule has 0 radical (unpaired) electrons. The minimum absolute atomic E-state index is 0.0516. The maximum Gasteiger partial charge on any atom is 0.261 e. The summed E-state index contributed by atoms with van der Waals surface area (Å²) in [6.07, 6.45) is 3.99. The molecule has 5 heteroatoms. The molecule has 120 valence electrons. The van der Waals surface area contributed by atoms with E-state index in [2.05, 4.69) is 30.7 Å². The van der Waals surface area contributed by atoms with Crippen LogP contribution in [0.1, 0.15) is 38.8 Å². The van der Waals surface area contributed by atoms with E-state index in [4.69, 9.17) is 4.74 Å². The minimum Gasteiger partial charge on any atom is -0.438 e. The van der Waals surface area contributed by atoms with Crippen molar-refractivity contribution in [2.24, 2.45) is 0 Å². The van der Waals surface area contributed by atoms with Gasteiger partial charge in [-0.2, -0.15) is 0 Å². The van der Waals surface area contributed by atoms with E-state index >= 15 is 0 Å². The molecule has 5 nitrogen and oxygen atoms in total. The molecule has 0 fully saturated rings. The topological polar surface area (TPSA) is 72.0 Å². The molecule has 0 saturated carbocycles. The Hall–Kier alpha value is -2.69. The van der Waals surface area contributed by atoms with Gasteiger partial charge in [0.2, 0.25) is 5.88 Å². The lowest BCUT2D eigenvalue weighted by molar-refractivity contribution is -0.112. The van der Waals surface area contributed by atoms with Gasteiger partial charge in [-0.3, -0.25) is 9.59 Å². The third-order valence-electron chi connectivity index (χ3n) is 3.27. The Bertz CT molecular complexity index is 781. The summed E-state index contributed by atoms with van der Waals surface area (Å²) in [7, 11) is 0. The lowest BCUT2D eigenvalue weighted by Crippen LogP contribution is -2.12. The van der Waals surface area contributed by atoms with Gasteiger partial charge in [0, 0.05) is 0 Å². The van der Waals surface area contributed by atoms with E-state index < -0.39 is 0 Å². The molecule has 0 amide bonds. The second kappa shape index (κ2) is 6.60. The van der Waals surface area contributed by atoms with Crippen molar-refractivity contribution in [1.29, 1.82) is 0 Å². The van der Waals surface area contributed by atoms with Gasteiger partial charge < -0.3 is 9.72 Å². The van der Waals surface area contributed by atoms with Crippen LogP contribution in [0.15, 0.2) is 41.5 Å². The van der Waals surface area contributed by atoms with E-state index in [-0.39, 0.29) is 28.2 Å². The van der Waals surface area contributed by atoms with Crippen LogP contribution in [0, 0.1) is 0 Å². The standard InChI is InChI=1S/C18H20N2O3/c1-12(21)5-10-15-16(22)19-11-20-17(15)23-14-8-6-13(7-9-14)18(2,3)4/h5-11H,1-4H3,(H,19,20,22)/b10-5+. The molecule has 1 heterocycles. The lowest BCUT2D eigenvalue weighted by Gasteiger charge is -2.19. The van der Waals surface area contributed by atoms with Crippen molar-refractivity contribution in [2.45, 2.75) is 33.1 Å². The molecule has 1 aromatic carbocycles. The predicted octanol–water partition coefficient (Wildman–Crippen LogP) is 3.46. The molecule has 0 aliphatic heterocycles. The number of hydrogen-bond donors (Lipinski definition) is 1. The fraction of sp³-hybridized carbons (Fsp3) is 0.278. The zero-order valence-electron chi connectivity index (χ0n) is 13.7. The molecule has 2 aromatic rings. The number of allylic oxidation sites excluding steroid dienone is 1. The normalized spacial score (nSPS) is 11.7. The van der Waals surface area contributed by atoms with Gasteiger partial charge in [-0.15, -0.1) is 0 Å². The molecule has 23 heavy (non-hydrogen) atoms. The monoisotopic (exact) mass is 312 g/mol. The highest BCUT2D eigenvalue weighted by molar-refractivity contribution is 5.91. The average molecular weight is 312 g/mol. The highest BCUT2D eigenvalue weighted by Gasteiger charge is 2.14. The van der Waals surface area contributed by atoms with Crippen molar-refractivity contribution in [3.8, 4) is 11.6 Å². The Morgan fingerprint density at radius 3 is 2.43 bits per heavy atom. The third kappa shape index (κ3) is 4.39. The highest BCUT2D eigenvalue weighted by atomic mass is 16.5. The smallest absolute Gasteiger partial charge is 0.261 e. The van der Waals surface area contributed by atoms with E-state index in [1.807, 2.05) is 24.3 Å². The first-order chi connectivity index (χ1) is 10.8. The van der Waals surface area contributed by atoms with Crippen LogP contribution in [0.4, 0.5) is 0 Å². The van der Waals surface area contributed by atoms with Crippen LogP contribution in [0.25, 0.3) is 6.08 Å². The van der Waals surface area contributed by atoms with Crippen LogP contribution in [0.2, 0.25) is 0 Å². The molecular weight excluding hydrogens is 292 g/mol. The number of rotatable bonds is 4. The molecule has 1 aromatic heterocycles. The van der Waals surface area contributed by atoms with Gasteiger partial charge in [0.1, 0.15) is 11.3 Å². The Kier molecular flexibility index (Phi) is 4.79. The first kappa shape index (κ1) is 16.7. The van der Waals surface area contributed by atoms with Gasteiger partial charge >= 0.3 is 0 Å². The van der Waals surface area contributed by atoms with Crippen LogP contribution in [0.3, 0.4) is 0 Å². The van der Waals surface area contributed by atoms with E-state index in [0.717, 1.165) is 0 Å². The largest absolute Gasteiger partial charge is 0.438 e. The molecule has 1 N–H and O–H groups in total. The molecule has 0 saturated heterocycles. The minimum atomic E-state index is -0.362. The number of carbonyl (C=O) groups excluding carboxylic acids is 1. The number of nitrogens with one attached hydrogen (secondary N) is 1. The molecule has 0 unspecified atom stereocenters. The Morgan fingerprint density at radius 2 is 1.87 bits per heavy atom. The van der Waals surface area contributed by atoms with Crippen molar-refractivity contribution in [3.63, 3.8) is 0 Å². The van der Waals surface area contributed by atoms with Gasteiger partial charge in [0.15, 0.2) is 5.78 Å². The molecule has 0 aliphatic carbocycles. The van der Waals surface area contributed by atoms with Crippen LogP contribution in [-0.4, -0.2) is 15.8 Å². The van der Waals surface area contributed by atoms with Crippen molar-refractivity contribution in [3.05, 3.63) is 58.1 Å². The van der Waals surface area contributed by atoms with E-state index in [1.165, 1.54) is 31.0 Å². The lowest BCUT2D eigenvalue weighted by atomic mass is 9.87. The first-order valence-corrected chi connectivity index (χ1v) is 7.32. The Morgan fingerprint density at radius 1 is 1.22 bits per heavy atom. The number of benzene rings is 1. The summed E-state index contributed by atoms with van der Waals surface area (Å²) in [6, 6.07) is 7.63. The quantitative estimate of drug-likeness (QED) is 0.878. The summed E-state index contributed by atoms with van der Waals surface area (Å²) in [5.41, 5.74) is 1.08. The number of aromatic nitrogens is 2. The number of ether oxygens (including phenoxy) is 1. The molecule has 0 bridgehead atoms. The fourth-order valence-corrected chi connectivity index (χ4v) is 1.96. The number of aromatic amines is 1. The molecule has 0 spiro atoms. The Balaban J connectivity index is 2.32. The van der Waals surface area contributed by atoms with Crippen LogP contribution in [-0.2, 0) is 10.2 Å². The molecule has 0 aliphatic rings. The van der Waals surface area contributed by atoms with Gasteiger partial charge in [-0.1, -0.05) is 32.9 Å². The summed E-state index contributed by atoms with van der Waals surface area (Å²) >= 11 is 0. The van der Waals surface area contributed by atoms with Crippen molar-refractivity contribution >= 4 is 11.9 Å². The summed E-state index contributed by atoms with van der Waals surface area (Å²) in [6.45, 7) is 7.80. The van der Waals surface area contributed by atoms with E-state index in [0.29, 0.717) is 5.75 Å². The van der Waals surface area contributed by atoms with Crippen molar-refractivity contribution < 1.29 is 9.53 Å². The van der Waals surface area contributed by atoms with E-state index in [1.54, 1.807) is 0 Å².